The van der Waals surface area contributed by atoms with Gasteiger partial charge in [-0.3, -0.25) is 14.4 Å². The van der Waals surface area contributed by atoms with Gasteiger partial charge in [-0.2, -0.15) is 0 Å². The van der Waals surface area contributed by atoms with E-state index in [1.807, 2.05) is 6.92 Å². The zero-order valence-corrected chi connectivity index (χ0v) is 23.2. The van der Waals surface area contributed by atoms with Crippen LogP contribution in [0.25, 0.3) is 0 Å². The lowest BCUT2D eigenvalue weighted by Gasteiger charge is -2.10. The van der Waals surface area contributed by atoms with E-state index < -0.39 is 17.1 Å². The van der Waals surface area contributed by atoms with E-state index in [2.05, 4.69) is 20.2 Å². The van der Waals surface area contributed by atoms with Gasteiger partial charge in [0.15, 0.2) is 0 Å². The third-order valence-electron chi connectivity index (χ3n) is 4.08. The van der Waals surface area contributed by atoms with Gasteiger partial charge in [-0.25, -0.2) is 10.3 Å². The van der Waals surface area contributed by atoms with Crippen LogP contribution in [-0.2, 0) is 19.1 Å². The van der Waals surface area contributed by atoms with Gasteiger partial charge < -0.3 is 14.3 Å². The van der Waals surface area contributed by atoms with E-state index in [4.69, 9.17) is 67.6 Å². The predicted molar refractivity (Wildman–Crippen MR) is 139 cm³/mol. The summed E-state index contributed by atoms with van der Waals surface area (Å²) in [5, 5.41) is 3.30. The molecule has 1 N–H and O–H groups in total. The van der Waals surface area contributed by atoms with E-state index in [1.54, 1.807) is 0 Å². The molecule has 0 unspecified atom stereocenters. The molecular weight excluding hydrogens is 582 g/mol. The summed E-state index contributed by atoms with van der Waals surface area (Å²) in [4.78, 5) is 43.9. The van der Waals surface area contributed by atoms with E-state index >= 15 is 0 Å². The van der Waals surface area contributed by atoms with Crippen LogP contribution in [-0.4, -0.2) is 51.0 Å². The van der Waals surface area contributed by atoms with Gasteiger partial charge in [-0.15, -0.1) is 0 Å². The average Bonchev–Trinajstić information content (AvgIpc) is 2.83. The van der Waals surface area contributed by atoms with Gasteiger partial charge in [0.1, 0.15) is 7.11 Å². The number of carbonyl (C=O) groups is 3. The summed E-state index contributed by atoms with van der Waals surface area (Å²) in [5.41, 5.74) is 2.62. The van der Waals surface area contributed by atoms with Crippen LogP contribution in [0.2, 0.25) is 20.1 Å². The Labute approximate surface area is 232 Å². The number of esters is 1. The number of ether oxygens (including phenoxy) is 2. The molecule has 0 radical (unpaired) electrons. The second kappa shape index (κ2) is 15.8. The standard InChI is InChI=1S/C12H13Cl2NO4.C10H8Cl3NO3/c1-3-6-19-15-11(16)9-8(13)5-4-7(10(9)14)12(17)18-2;1-16-10(14-17-2)7-6(11)4-3-5(8(7)12)9(13)15/h4-5H,3,6H2,1-2H3,(H,15,16);3-4H,1-2H3. The highest BCUT2D eigenvalue weighted by Crippen LogP contribution is 2.30. The number of methoxy groups -OCH3 is 2. The monoisotopic (exact) mass is 600 g/mol. The van der Waals surface area contributed by atoms with Crippen molar-refractivity contribution in [2.45, 2.75) is 13.3 Å². The summed E-state index contributed by atoms with van der Waals surface area (Å²) >= 11 is 29.2. The van der Waals surface area contributed by atoms with Crippen LogP contribution < -0.4 is 5.48 Å². The van der Waals surface area contributed by atoms with E-state index in [1.165, 1.54) is 45.6 Å². The van der Waals surface area contributed by atoms with E-state index in [0.717, 1.165) is 6.42 Å². The minimum atomic E-state index is -0.694. The molecule has 0 heterocycles. The van der Waals surface area contributed by atoms with Gasteiger partial charge in [-0.1, -0.05) is 53.3 Å². The molecule has 0 atom stereocenters. The predicted octanol–water partition coefficient (Wildman–Crippen LogP) is 6.18. The summed E-state index contributed by atoms with van der Waals surface area (Å²) in [7, 11) is 3.94. The molecule has 0 bridgehead atoms. The van der Waals surface area contributed by atoms with Gasteiger partial charge in [0, 0.05) is 0 Å². The Balaban J connectivity index is 0.000000362. The number of nitrogens with one attached hydrogen (secondary N) is 1. The van der Waals surface area contributed by atoms with Gasteiger partial charge in [0.05, 0.1) is 63.2 Å². The van der Waals surface area contributed by atoms with Crippen LogP contribution in [0.5, 0.6) is 0 Å². The maximum absolute atomic E-state index is 11.9. The van der Waals surface area contributed by atoms with Crippen molar-refractivity contribution in [1.82, 2.24) is 5.48 Å². The number of nitrogens with zero attached hydrogens (tertiary/aromatic N) is 1. The Morgan fingerprint density at radius 1 is 0.861 bits per heavy atom. The molecule has 0 aromatic heterocycles. The van der Waals surface area contributed by atoms with Crippen molar-refractivity contribution in [2.24, 2.45) is 5.16 Å². The summed E-state index contributed by atoms with van der Waals surface area (Å²) in [6.45, 7) is 2.25. The first-order valence-corrected chi connectivity index (χ1v) is 11.8. The Morgan fingerprint density at radius 3 is 1.92 bits per heavy atom. The lowest BCUT2D eigenvalue weighted by molar-refractivity contribution is 0.0315. The molecule has 1 amide bonds. The normalized spacial score (nSPS) is 10.6. The lowest BCUT2D eigenvalue weighted by Crippen LogP contribution is -2.25. The highest BCUT2D eigenvalue weighted by atomic mass is 35.5. The molecule has 2 rings (SSSR count). The van der Waals surface area contributed by atoms with Gasteiger partial charge in [-0.05, 0) is 47.4 Å². The van der Waals surface area contributed by atoms with Crippen LogP contribution >= 0.6 is 58.0 Å². The van der Waals surface area contributed by atoms with E-state index in [9.17, 15) is 14.4 Å². The maximum atomic E-state index is 11.9. The summed E-state index contributed by atoms with van der Waals surface area (Å²) in [5.74, 6) is -1.21. The molecule has 0 spiro atoms. The lowest BCUT2D eigenvalue weighted by atomic mass is 10.1. The number of amides is 1. The molecule has 0 fully saturated rings. The Kier molecular flexibility index (Phi) is 13.9. The largest absolute Gasteiger partial charge is 0.478 e. The summed E-state index contributed by atoms with van der Waals surface area (Å²) in [6, 6.07) is 5.68. The van der Waals surface area contributed by atoms with Crippen molar-refractivity contribution in [3.8, 4) is 0 Å². The molecule has 36 heavy (non-hydrogen) atoms. The molecule has 0 saturated carbocycles. The molecule has 0 aliphatic heterocycles. The third-order valence-corrected chi connectivity index (χ3v) is 5.70. The maximum Gasteiger partial charge on any atom is 0.339 e. The minimum Gasteiger partial charge on any atom is -0.478 e. The number of hydrogen-bond donors (Lipinski definition) is 1. The van der Waals surface area contributed by atoms with Gasteiger partial charge in [0.25, 0.3) is 17.0 Å². The highest BCUT2D eigenvalue weighted by Gasteiger charge is 2.22. The average molecular weight is 603 g/mol. The number of halogens is 5. The third kappa shape index (κ3) is 8.40. The Bertz CT molecular complexity index is 1140. The van der Waals surface area contributed by atoms with Crippen molar-refractivity contribution < 1.29 is 33.5 Å². The van der Waals surface area contributed by atoms with Crippen molar-refractivity contribution in [3.05, 3.63) is 66.6 Å². The summed E-state index contributed by atoms with van der Waals surface area (Å²) in [6.07, 6.45) is 0.740. The van der Waals surface area contributed by atoms with E-state index in [0.29, 0.717) is 6.61 Å². The highest BCUT2D eigenvalue weighted by molar-refractivity contribution is 6.69. The second-order valence-corrected chi connectivity index (χ2v) is 8.31. The van der Waals surface area contributed by atoms with Crippen LogP contribution in [0, 0.1) is 0 Å². The fraction of sp³-hybridized carbons (Fsp3) is 0.273. The SMILES string of the molecule is CCCONC(=O)c1c(Cl)ccc(C(=O)OC)c1Cl.CON=C(OC)c1c(Cl)ccc(C(=O)Cl)c1Cl. The van der Waals surface area contributed by atoms with Crippen molar-refractivity contribution >= 4 is 81.0 Å². The number of carbonyl (C=O) groups excluding carboxylic acids is 3. The number of rotatable bonds is 8. The molecule has 0 aliphatic rings. The molecule has 14 heteroatoms. The quantitative estimate of drug-likeness (QED) is 0.0959. The van der Waals surface area contributed by atoms with Gasteiger partial charge >= 0.3 is 5.97 Å². The number of hydroxylamine groups is 1. The minimum absolute atomic E-state index is 0.0256. The Hall–Kier alpha value is -2.27. The van der Waals surface area contributed by atoms with Crippen molar-refractivity contribution in [1.29, 1.82) is 0 Å². The fourth-order valence-corrected chi connectivity index (χ4v) is 3.91. The van der Waals surface area contributed by atoms with E-state index in [-0.39, 0.29) is 48.2 Å². The molecule has 2 aromatic rings. The van der Waals surface area contributed by atoms with Crippen LogP contribution in [0.3, 0.4) is 0 Å². The Morgan fingerprint density at radius 2 is 1.42 bits per heavy atom. The zero-order chi connectivity index (χ0) is 27.4. The number of hydrogen-bond acceptors (Lipinski definition) is 8. The van der Waals surface area contributed by atoms with Gasteiger partial charge in [0.2, 0.25) is 0 Å². The molecule has 0 saturated heterocycles. The second-order valence-electron chi connectivity index (χ2n) is 6.40. The van der Waals surface area contributed by atoms with Crippen LogP contribution in [0.1, 0.15) is 50.0 Å². The zero-order valence-electron chi connectivity index (χ0n) is 19.4. The first-order chi connectivity index (χ1) is 17.0. The molecular formula is C22H21Cl5N2O7. The van der Waals surface area contributed by atoms with Crippen molar-refractivity contribution in [3.63, 3.8) is 0 Å². The first kappa shape index (κ1) is 31.8. The molecule has 0 aliphatic carbocycles. The fourth-order valence-electron chi connectivity index (χ4n) is 2.47. The summed E-state index contributed by atoms with van der Waals surface area (Å²) < 4.78 is 9.54. The first-order valence-electron chi connectivity index (χ1n) is 9.87. The molecule has 2 aromatic carbocycles. The van der Waals surface area contributed by atoms with Crippen LogP contribution in [0.15, 0.2) is 29.4 Å². The topological polar surface area (TPSA) is 113 Å². The van der Waals surface area contributed by atoms with Crippen LogP contribution in [0.4, 0.5) is 0 Å². The van der Waals surface area contributed by atoms with Crippen molar-refractivity contribution in [2.75, 3.05) is 27.9 Å². The smallest absolute Gasteiger partial charge is 0.339 e. The number of benzene rings is 2. The number of oxime groups is 1. The molecule has 196 valence electrons. The molecule has 9 nitrogen and oxygen atoms in total.